The number of Topliss-reactive ketones (excluding diaryl/α,β-unsaturated/α-hetero) is 1. The SMILES string of the molecule is COc1ccc(-c2ccc3c(c2)CCCC3=O)c2c(Cl)c(C(F)(F)F)nn12. The Labute approximate surface area is 157 Å². The van der Waals surface area contributed by atoms with Gasteiger partial charge in [0, 0.05) is 23.6 Å². The Kier molecular flexibility index (Phi) is 4.14. The van der Waals surface area contributed by atoms with Crippen LogP contribution >= 0.6 is 11.6 Å². The minimum atomic E-state index is -4.69. The van der Waals surface area contributed by atoms with Gasteiger partial charge in [0.05, 0.1) is 17.6 Å². The van der Waals surface area contributed by atoms with E-state index in [9.17, 15) is 18.0 Å². The fourth-order valence-corrected chi connectivity index (χ4v) is 3.80. The van der Waals surface area contributed by atoms with E-state index < -0.39 is 16.9 Å². The summed E-state index contributed by atoms with van der Waals surface area (Å²) in [7, 11) is 1.35. The highest BCUT2D eigenvalue weighted by Crippen LogP contribution is 2.41. The average molecular weight is 395 g/mol. The number of benzene rings is 1. The molecule has 0 N–H and O–H groups in total. The summed E-state index contributed by atoms with van der Waals surface area (Å²) in [5.41, 5.74) is 1.68. The summed E-state index contributed by atoms with van der Waals surface area (Å²) in [5, 5.41) is 3.14. The lowest BCUT2D eigenvalue weighted by atomic mass is 9.88. The molecule has 0 atom stereocenters. The summed E-state index contributed by atoms with van der Waals surface area (Å²) in [6.45, 7) is 0. The monoisotopic (exact) mass is 394 g/mol. The van der Waals surface area contributed by atoms with E-state index in [4.69, 9.17) is 16.3 Å². The number of carbonyl (C=O) groups excluding carboxylic acids is 1. The topological polar surface area (TPSA) is 43.6 Å². The molecule has 0 spiro atoms. The van der Waals surface area contributed by atoms with Crippen LogP contribution in [0.4, 0.5) is 13.2 Å². The van der Waals surface area contributed by atoms with Crippen molar-refractivity contribution in [3.8, 4) is 17.0 Å². The number of rotatable bonds is 2. The minimum absolute atomic E-state index is 0.0874. The van der Waals surface area contributed by atoms with Crippen LogP contribution in [0.25, 0.3) is 16.6 Å². The molecule has 0 radical (unpaired) electrons. The van der Waals surface area contributed by atoms with Crippen LogP contribution in [0.15, 0.2) is 30.3 Å². The Bertz CT molecular complexity index is 1070. The molecule has 0 saturated carbocycles. The third-order valence-corrected chi connectivity index (χ3v) is 5.09. The van der Waals surface area contributed by atoms with Crippen molar-refractivity contribution in [2.24, 2.45) is 0 Å². The molecule has 2 heterocycles. The highest BCUT2D eigenvalue weighted by molar-refractivity contribution is 6.35. The van der Waals surface area contributed by atoms with Crippen molar-refractivity contribution in [1.82, 2.24) is 9.61 Å². The predicted molar refractivity (Wildman–Crippen MR) is 94.5 cm³/mol. The van der Waals surface area contributed by atoms with Gasteiger partial charge in [0.1, 0.15) is 0 Å². The number of nitrogens with zero attached hydrogens (tertiary/aromatic N) is 2. The Hall–Kier alpha value is -2.54. The Morgan fingerprint density at radius 3 is 2.59 bits per heavy atom. The van der Waals surface area contributed by atoms with Crippen LogP contribution in [-0.4, -0.2) is 22.5 Å². The van der Waals surface area contributed by atoms with E-state index >= 15 is 0 Å². The summed E-state index contributed by atoms with van der Waals surface area (Å²) in [4.78, 5) is 12.0. The Morgan fingerprint density at radius 1 is 1.15 bits per heavy atom. The smallest absolute Gasteiger partial charge is 0.436 e. The first-order chi connectivity index (χ1) is 12.8. The van der Waals surface area contributed by atoms with E-state index in [0.29, 0.717) is 23.1 Å². The van der Waals surface area contributed by atoms with Gasteiger partial charge in [-0.25, -0.2) is 0 Å². The first-order valence-corrected chi connectivity index (χ1v) is 8.68. The van der Waals surface area contributed by atoms with Gasteiger partial charge in [0.25, 0.3) is 0 Å². The molecule has 1 aliphatic rings. The van der Waals surface area contributed by atoms with E-state index in [1.54, 1.807) is 18.2 Å². The van der Waals surface area contributed by atoms with Gasteiger partial charge in [-0.15, -0.1) is 0 Å². The van der Waals surface area contributed by atoms with Gasteiger partial charge >= 0.3 is 6.18 Å². The third kappa shape index (κ3) is 2.86. The summed E-state index contributed by atoms with van der Waals surface area (Å²) in [6, 6.07) is 8.47. The van der Waals surface area contributed by atoms with Crippen molar-refractivity contribution in [3.05, 3.63) is 52.2 Å². The van der Waals surface area contributed by atoms with Gasteiger partial charge in [-0.05, 0) is 30.0 Å². The molecular formula is C19H14ClF3N2O2. The predicted octanol–water partition coefficient (Wildman–Crippen LogP) is 5.20. The summed E-state index contributed by atoms with van der Waals surface area (Å²) >= 11 is 6.08. The number of methoxy groups -OCH3 is 1. The van der Waals surface area contributed by atoms with Crippen LogP contribution in [0.3, 0.4) is 0 Å². The number of aromatic nitrogens is 2. The molecule has 8 heteroatoms. The molecule has 0 bridgehead atoms. The van der Waals surface area contributed by atoms with Crippen LogP contribution in [0.5, 0.6) is 5.88 Å². The largest absolute Gasteiger partial charge is 0.481 e. The highest BCUT2D eigenvalue weighted by atomic mass is 35.5. The highest BCUT2D eigenvalue weighted by Gasteiger charge is 2.38. The number of ketones is 1. The number of halogens is 4. The van der Waals surface area contributed by atoms with Crippen LogP contribution in [0.2, 0.25) is 5.02 Å². The van der Waals surface area contributed by atoms with Crippen LogP contribution < -0.4 is 4.74 Å². The minimum Gasteiger partial charge on any atom is -0.481 e. The molecule has 0 saturated heterocycles. The van der Waals surface area contributed by atoms with Crippen LogP contribution in [0.1, 0.15) is 34.5 Å². The van der Waals surface area contributed by atoms with Crippen molar-refractivity contribution < 1.29 is 22.7 Å². The van der Waals surface area contributed by atoms with Gasteiger partial charge in [-0.3, -0.25) is 4.79 Å². The second-order valence-electron chi connectivity index (χ2n) is 6.36. The van der Waals surface area contributed by atoms with Crippen molar-refractivity contribution in [1.29, 1.82) is 0 Å². The molecule has 0 amide bonds. The fraction of sp³-hybridized carbons (Fsp3) is 0.263. The molecule has 1 aliphatic carbocycles. The normalized spacial score (nSPS) is 14.5. The molecule has 0 aliphatic heterocycles. The zero-order chi connectivity index (χ0) is 19.3. The zero-order valence-electron chi connectivity index (χ0n) is 14.2. The number of aryl methyl sites for hydroxylation is 1. The molecule has 140 valence electrons. The van der Waals surface area contributed by atoms with Gasteiger partial charge in [-0.1, -0.05) is 29.8 Å². The Morgan fingerprint density at radius 2 is 1.89 bits per heavy atom. The molecule has 0 unspecified atom stereocenters. The zero-order valence-corrected chi connectivity index (χ0v) is 15.0. The van der Waals surface area contributed by atoms with Crippen molar-refractivity contribution in [2.45, 2.75) is 25.4 Å². The van der Waals surface area contributed by atoms with Crippen LogP contribution in [0, 0.1) is 0 Å². The average Bonchev–Trinajstić information content (AvgIpc) is 2.99. The number of pyridine rings is 1. The lowest BCUT2D eigenvalue weighted by molar-refractivity contribution is -0.141. The van der Waals surface area contributed by atoms with E-state index in [1.165, 1.54) is 13.2 Å². The maximum absolute atomic E-state index is 13.3. The second-order valence-corrected chi connectivity index (χ2v) is 6.74. The lowest BCUT2D eigenvalue weighted by Gasteiger charge is -2.16. The molecule has 2 aromatic heterocycles. The van der Waals surface area contributed by atoms with E-state index in [2.05, 4.69) is 5.10 Å². The number of ether oxygens (including phenoxy) is 1. The molecular weight excluding hydrogens is 381 g/mol. The molecule has 0 fully saturated rings. The lowest BCUT2D eigenvalue weighted by Crippen LogP contribution is -2.10. The van der Waals surface area contributed by atoms with E-state index in [0.717, 1.165) is 22.9 Å². The molecule has 1 aromatic carbocycles. The first kappa shape index (κ1) is 17.9. The van der Waals surface area contributed by atoms with E-state index in [-0.39, 0.29) is 17.2 Å². The maximum atomic E-state index is 13.3. The first-order valence-electron chi connectivity index (χ1n) is 8.30. The quantitative estimate of drug-likeness (QED) is 0.600. The van der Waals surface area contributed by atoms with Gasteiger partial charge in [0.2, 0.25) is 5.88 Å². The van der Waals surface area contributed by atoms with Gasteiger partial charge in [0.15, 0.2) is 11.5 Å². The standard InChI is InChI=1S/C19H14ClF3N2O2/c1-27-15-8-7-13(17-16(20)18(19(21,22)23)24-25(15)17)11-5-6-12-10(9-11)3-2-4-14(12)26/h5-9H,2-4H2,1H3. The molecule has 3 aromatic rings. The maximum Gasteiger partial charge on any atom is 0.436 e. The third-order valence-electron chi connectivity index (χ3n) is 4.73. The van der Waals surface area contributed by atoms with E-state index in [1.807, 2.05) is 6.07 Å². The summed E-state index contributed by atoms with van der Waals surface area (Å²) in [5.74, 6) is 0.226. The number of hydrogen-bond acceptors (Lipinski definition) is 3. The van der Waals surface area contributed by atoms with Crippen molar-refractivity contribution in [3.63, 3.8) is 0 Å². The van der Waals surface area contributed by atoms with Crippen molar-refractivity contribution in [2.75, 3.05) is 7.11 Å². The Balaban J connectivity index is 1.98. The summed E-state index contributed by atoms with van der Waals surface area (Å²) < 4.78 is 46.1. The number of alkyl halides is 3. The number of fused-ring (bicyclic) bond motifs is 2. The number of hydrogen-bond donors (Lipinski definition) is 0. The van der Waals surface area contributed by atoms with Gasteiger partial charge < -0.3 is 4.74 Å². The fourth-order valence-electron chi connectivity index (χ4n) is 3.48. The molecule has 4 rings (SSSR count). The molecule has 27 heavy (non-hydrogen) atoms. The number of carbonyl (C=O) groups is 1. The van der Waals surface area contributed by atoms with Gasteiger partial charge in [-0.2, -0.15) is 22.8 Å². The second kappa shape index (κ2) is 6.27. The summed E-state index contributed by atoms with van der Waals surface area (Å²) in [6.07, 6.45) is -2.66. The van der Waals surface area contributed by atoms with Crippen LogP contribution in [-0.2, 0) is 12.6 Å². The molecule has 4 nitrogen and oxygen atoms in total. The van der Waals surface area contributed by atoms with Crippen molar-refractivity contribution >= 4 is 22.9 Å².